The standard InChI is InChI=1S/C23H33N3O3S.ClH/c1-29-12-11-25-23(28)20(13-16-7-3-2-4-8-16)26-22(27)19(24)14-17-15-30-21-10-6-5-9-18(17)21;/h5-6,9-10,15-16,19-20H,2-4,7-8,11-14,24H2,1H3,(H,25,28)(H,26,27);1H/t19-,20-;/m0./s1. The van der Waals surface area contributed by atoms with Gasteiger partial charge in [-0.2, -0.15) is 0 Å². The van der Waals surface area contributed by atoms with Crippen LogP contribution >= 0.6 is 23.7 Å². The molecule has 1 aromatic heterocycles. The van der Waals surface area contributed by atoms with E-state index in [4.69, 9.17) is 10.5 Å². The summed E-state index contributed by atoms with van der Waals surface area (Å²) in [5.74, 6) is 0.0430. The number of fused-ring (bicyclic) bond motifs is 1. The Balaban J connectivity index is 0.00000341. The lowest BCUT2D eigenvalue weighted by Gasteiger charge is -2.27. The van der Waals surface area contributed by atoms with Crippen molar-refractivity contribution in [3.63, 3.8) is 0 Å². The van der Waals surface area contributed by atoms with Gasteiger partial charge in [-0.25, -0.2) is 0 Å². The number of thiophene rings is 1. The maximum absolute atomic E-state index is 12.9. The summed E-state index contributed by atoms with van der Waals surface area (Å²) < 4.78 is 6.20. The van der Waals surface area contributed by atoms with Crippen LogP contribution in [0.15, 0.2) is 29.6 Å². The van der Waals surface area contributed by atoms with Crippen LogP contribution in [0, 0.1) is 5.92 Å². The molecule has 0 radical (unpaired) electrons. The van der Waals surface area contributed by atoms with Crippen molar-refractivity contribution in [3.05, 3.63) is 35.2 Å². The molecule has 1 saturated carbocycles. The molecule has 2 aromatic rings. The Morgan fingerprint density at radius 1 is 1.19 bits per heavy atom. The first-order valence-electron chi connectivity index (χ1n) is 10.9. The molecule has 2 atom stereocenters. The SMILES string of the molecule is COCCNC(=O)[C@H](CC1CCCCC1)NC(=O)[C@@H](N)Cc1csc2ccccc12.Cl. The minimum absolute atomic E-state index is 0. The van der Waals surface area contributed by atoms with Crippen LogP contribution in [0.25, 0.3) is 10.1 Å². The molecule has 172 valence electrons. The number of hydrogen-bond acceptors (Lipinski definition) is 5. The van der Waals surface area contributed by atoms with Crippen LogP contribution in [-0.2, 0) is 20.7 Å². The van der Waals surface area contributed by atoms with E-state index in [-0.39, 0.29) is 24.2 Å². The Labute approximate surface area is 194 Å². The van der Waals surface area contributed by atoms with Gasteiger partial charge >= 0.3 is 0 Å². The van der Waals surface area contributed by atoms with Crippen molar-refractivity contribution in [1.29, 1.82) is 0 Å². The normalized spacial score (nSPS) is 16.3. The molecule has 8 heteroatoms. The van der Waals surface area contributed by atoms with E-state index >= 15 is 0 Å². The zero-order chi connectivity index (χ0) is 21.3. The van der Waals surface area contributed by atoms with E-state index in [1.807, 2.05) is 12.1 Å². The molecule has 1 aliphatic rings. The maximum Gasteiger partial charge on any atom is 0.242 e. The number of halogens is 1. The van der Waals surface area contributed by atoms with Crippen LogP contribution in [0.2, 0.25) is 0 Å². The van der Waals surface area contributed by atoms with Gasteiger partial charge in [-0.3, -0.25) is 9.59 Å². The van der Waals surface area contributed by atoms with Gasteiger partial charge in [0, 0.05) is 18.4 Å². The van der Waals surface area contributed by atoms with Crippen molar-refractivity contribution in [3.8, 4) is 0 Å². The van der Waals surface area contributed by atoms with Crippen LogP contribution in [0.1, 0.15) is 44.1 Å². The fourth-order valence-corrected chi connectivity index (χ4v) is 5.16. The predicted molar refractivity (Wildman–Crippen MR) is 129 cm³/mol. The number of nitrogens with one attached hydrogen (secondary N) is 2. The van der Waals surface area contributed by atoms with E-state index in [0.29, 0.717) is 31.9 Å². The topological polar surface area (TPSA) is 93.5 Å². The summed E-state index contributed by atoms with van der Waals surface area (Å²) in [6.45, 7) is 0.875. The lowest BCUT2D eigenvalue weighted by Crippen LogP contribution is -2.53. The highest BCUT2D eigenvalue weighted by atomic mass is 35.5. The number of nitrogens with two attached hydrogens (primary N) is 1. The lowest BCUT2D eigenvalue weighted by atomic mass is 9.84. The molecule has 2 amide bonds. The first-order valence-corrected chi connectivity index (χ1v) is 11.7. The molecule has 3 rings (SSSR count). The Hall–Kier alpha value is -1.67. The molecule has 0 aliphatic heterocycles. The molecule has 31 heavy (non-hydrogen) atoms. The minimum Gasteiger partial charge on any atom is -0.383 e. The van der Waals surface area contributed by atoms with Gasteiger partial charge in [0.1, 0.15) is 6.04 Å². The van der Waals surface area contributed by atoms with Crippen LogP contribution in [0.5, 0.6) is 0 Å². The molecule has 4 N–H and O–H groups in total. The van der Waals surface area contributed by atoms with Gasteiger partial charge in [-0.1, -0.05) is 50.3 Å². The molecule has 1 fully saturated rings. The summed E-state index contributed by atoms with van der Waals surface area (Å²) in [7, 11) is 1.60. The summed E-state index contributed by atoms with van der Waals surface area (Å²) in [5.41, 5.74) is 7.32. The molecule has 0 unspecified atom stereocenters. The van der Waals surface area contributed by atoms with Crippen LogP contribution in [-0.4, -0.2) is 44.2 Å². The number of hydrogen-bond donors (Lipinski definition) is 3. The summed E-state index contributed by atoms with van der Waals surface area (Å²) in [6, 6.07) is 6.88. The van der Waals surface area contributed by atoms with E-state index in [0.717, 1.165) is 23.8 Å². The second-order valence-electron chi connectivity index (χ2n) is 8.15. The highest BCUT2D eigenvalue weighted by Gasteiger charge is 2.27. The van der Waals surface area contributed by atoms with Crippen LogP contribution in [0.4, 0.5) is 0 Å². The Kier molecular flexibility index (Phi) is 10.7. The van der Waals surface area contributed by atoms with Crippen molar-refractivity contribution < 1.29 is 14.3 Å². The molecule has 1 aromatic carbocycles. The van der Waals surface area contributed by atoms with Gasteiger partial charge in [0.25, 0.3) is 0 Å². The smallest absolute Gasteiger partial charge is 0.242 e. The lowest BCUT2D eigenvalue weighted by molar-refractivity contribution is -0.130. The second-order valence-corrected chi connectivity index (χ2v) is 9.06. The fourth-order valence-electron chi connectivity index (χ4n) is 4.19. The number of carbonyl (C=O) groups is 2. The highest BCUT2D eigenvalue weighted by molar-refractivity contribution is 7.17. The highest BCUT2D eigenvalue weighted by Crippen LogP contribution is 2.28. The summed E-state index contributed by atoms with van der Waals surface area (Å²) in [4.78, 5) is 25.6. The number of rotatable bonds is 10. The van der Waals surface area contributed by atoms with Gasteiger partial charge in [0.2, 0.25) is 11.8 Å². The number of benzene rings is 1. The number of ether oxygens (including phenoxy) is 1. The van der Waals surface area contributed by atoms with Crippen molar-refractivity contribution in [2.75, 3.05) is 20.3 Å². The van der Waals surface area contributed by atoms with E-state index in [2.05, 4.69) is 28.1 Å². The Morgan fingerprint density at radius 3 is 2.68 bits per heavy atom. The predicted octanol–water partition coefficient (Wildman–Crippen LogP) is 3.41. The number of carbonyl (C=O) groups excluding carboxylic acids is 2. The van der Waals surface area contributed by atoms with E-state index in [9.17, 15) is 9.59 Å². The molecule has 1 aliphatic carbocycles. The average molecular weight is 468 g/mol. The zero-order valence-corrected chi connectivity index (χ0v) is 19.7. The zero-order valence-electron chi connectivity index (χ0n) is 18.1. The van der Waals surface area contributed by atoms with Crippen molar-refractivity contribution in [2.45, 2.75) is 57.0 Å². The Morgan fingerprint density at radius 2 is 1.94 bits per heavy atom. The van der Waals surface area contributed by atoms with Gasteiger partial charge < -0.3 is 21.1 Å². The third-order valence-corrected chi connectivity index (χ3v) is 6.88. The van der Waals surface area contributed by atoms with Crippen molar-refractivity contribution in [1.82, 2.24) is 10.6 Å². The first kappa shape index (κ1) is 25.6. The third-order valence-electron chi connectivity index (χ3n) is 5.87. The summed E-state index contributed by atoms with van der Waals surface area (Å²) in [5, 5.41) is 9.01. The number of amides is 2. The van der Waals surface area contributed by atoms with Gasteiger partial charge in [0.15, 0.2) is 0 Å². The quantitative estimate of drug-likeness (QED) is 0.467. The summed E-state index contributed by atoms with van der Waals surface area (Å²) in [6.07, 6.45) is 7.00. The average Bonchev–Trinajstić information content (AvgIpc) is 3.17. The first-order chi connectivity index (χ1) is 14.6. The van der Waals surface area contributed by atoms with E-state index in [1.165, 1.54) is 24.0 Å². The Bertz CT molecular complexity index is 838. The second kappa shape index (κ2) is 13.0. The maximum atomic E-state index is 12.9. The van der Waals surface area contributed by atoms with Gasteiger partial charge in [0.05, 0.1) is 12.6 Å². The van der Waals surface area contributed by atoms with Crippen molar-refractivity contribution >= 4 is 45.6 Å². The van der Waals surface area contributed by atoms with Crippen LogP contribution in [0.3, 0.4) is 0 Å². The molecule has 0 bridgehead atoms. The molecule has 0 spiro atoms. The largest absolute Gasteiger partial charge is 0.383 e. The van der Waals surface area contributed by atoms with Gasteiger partial charge in [-0.15, -0.1) is 23.7 Å². The number of methoxy groups -OCH3 is 1. The third kappa shape index (κ3) is 7.45. The van der Waals surface area contributed by atoms with Crippen LogP contribution < -0.4 is 16.4 Å². The molecule has 1 heterocycles. The fraction of sp³-hybridized carbons (Fsp3) is 0.565. The molecule has 0 saturated heterocycles. The molecular weight excluding hydrogens is 434 g/mol. The summed E-state index contributed by atoms with van der Waals surface area (Å²) >= 11 is 1.66. The van der Waals surface area contributed by atoms with E-state index < -0.39 is 12.1 Å². The van der Waals surface area contributed by atoms with E-state index in [1.54, 1.807) is 18.4 Å². The van der Waals surface area contributed by atoms with Gasteiger partial charge in [-0.05, 0) is 41.2 Å². The minimum atomic E-state index is -0.691. The molecule has 6 nitrogen and oxygen atoms in total. The molecular formula is C23H34ClN3O3S. The van der Waals surface area contributed by atoms with Crippen molar-refractivity contribution in [2.24, 2.45) is 11.7 Å². The monoisotopic (exact) mass is 467 g/mol.